The van der Waals surface area contributed by atoms with Crippen molar-refractivity contribution in [2.24, 2.45) is 11.8 Å². The van der Waals surface area contributed by atoms with E-state index in [2.05, 4.69) is 15.6 Å². The van der Waals surface area contributed by atoms with Crippen LogP contribution in [0.2, 0.25) is 0 Å². The molecule has 4 amide bonds. The van der Waals surface area contributed by atoms with Crippen molar-refractivity contribution in [2.45, 2.75) is 141 Å². The Morgan fingerprint density at radius 2 is 1.09 bits per heavy atom. The van der Waals surface area contributed by atoms with Gasteiger partial charge in [-0.05, 0) is 129 Å². The van der Waals surface area contributed by atoms with Crippen molar-refractivity contribution >= 4 is 35.0 Å². The SMILES string of the molecule is CC(C)(C)O[C@@H]1C[C@@H](CC(=O)Nc2ccc(-c3cnc(-c4ccc(NC(=O)C[C@@H]5C[C@@H](OC(C)(C)C)CN5C(=O)C5CCC5)cc4)o3)cc2)N(C(=O)C2CCC2)C1. The van der Waals surface area contributed by atoms with E-state index in [1.54, 1.807) is 6.20 Å². The van der Waals surface area contributed by atoms with Crippen LogP contribution in [0.15, 0.2) is 59.1 Å². The summed E-state index contributed by atoms with van der Waals surface area (Å²) in [6, 6.07) is 14.3. The van der Waals surface area contributed by atoms with Gasteiger partial charge in [0.1, 0.15) is 0 Å². The molecule has 2 aromatic carbocycles. The Bertz CT molecular complexity index is 1770. The van der Waals surface area contributed by atoms with E-state index in [9.17, 15) is 19.2 Å². The summed E-state index contributed by atoms with van der Waals surface area (Å²) >= 11 is 0. The van der Waals surface area contributed by atoms with Gasteiger partial charge in [0.05, 0.1) is 29.6 Å². The third-order valence-electron chi connectivity index (χ3n) is 11.5. The number of carbonyl (C=O) groups excluding carboxylic acids is 4. The van der Waals surface area contributed by atoms with Gasteiger partial charge in [-0.25, -0.2) is 4.98 Å². The van der Waals surface area contributed by atoms with Gasteiger partial charge >= 0.3 is 0 Å². The predicted octanol–water partition coefficient (Wildman–Crippen LogP) is 7.84. The van der Waals surface area contributed by atoms with E-state index >= 15 is 0 Å². The van der Waals surface area contributed by atoms with Crippen molar-refractivity contribution in [3.63, 3.8) is 0 Å². The van der Waals surface area contributed by atoms with E-state index < -0.39 is 0 Å². The topological polar surface area (TPSA) is 143 Å². The van der Waals surface area contributed by atoms with Crippen LogP contribution < -0.4 is 10.6 Å². The summed E-state index contributed by atoms with van der Waals surface area (Å²) < 4.78 is 18.6. The number of amides is 4. The standard InChI is InChI=1S/C45H59N5O7/c1-44(2,3)56-36-21-34(49(26-36)42(53)30-9-7-10-30)23-39(51)47-32-17-13-28(14-18-32)38-25-46-41(55-38)29-15-19-33(20-16-29)48-40(52)24-35-22-37(57-45(4,5)6)27-50(35)43(54)31-11-8-12-31/h13-20,25,30-31,34-37H,7-12,21-24,26-27H2,1-6H3,(H,47,51)(H,48,52)/t34-,35-,36+,37+/m0/s1. The molecule has 3 heterocycles. The molecule has 12 nitrogen and oxygen atoms in total. The number of oxazole rings is 1. The van der Waals surface area contributed by atoms with Crippen LogP contribution in [0, 0.1) is 11.8 Å². The van der Waals surface area contributed by atoms with Gasteiger partial charge in [-0.3, -0.25) is 19.2 Å². The molecule has 306 valence electrons. The van der Waals surface area contributed by atoms with Gasteiger partial charge in [-0.2, -0.15) is 0 Å². The number of likely N-dealkylation sites (tertiary alicyclic amines) is 2. The summed E-state index contributed by atoms with van der Waals surface area (Å²) in [5, 5.41) is 6.01. The maximum absolute atomic E-state index is 13.2. The minimum Gasteiger partial charge on any atom is -0.436 e. The first-order valence-electron chi connectivity index (χ1n) is 20.8. The minimum atomic E-state index is -0.327. The Labute approximate surface area is 336 Å². The number of hydrogen-bond acceptors (Lipinski definition) is 8. The summed E-state index contributed by atoms with van der Waals surface area (Å²) in [5.41, 5.74) is 2.21. The first kappa shape index (κ1) is 40.6. The number of aromatic nitrogens is 1. The summed E-state index contributed by atoms with van der Waals surface area (Å²) in [7, 11) is 0. The molecule has 2 aliphatic carbocycles. The van der Waals surface area contributed by atoms with Crippen LogP contribution in [0.3, 0.4) is 0 Å². The van der Waals surface area contributed by atoms with E-state index in [1.165, 1.54) is 0 Å². The normalized spacial score (nSPS) is 22.9. The molecule has 2 saturated heterocycles. The van der Waals surface area contributed by atoms with E-state index in [0.29, 0.717) is 49.0 Å². The summed E-state index contributed by atoms with van der Waals surface area (Å²) in [6.07, 6.45) is 9.04. The first-order valence-corrected chi connectivity index (χ1v) is 20.8. The number of benzene rings is 2. The Hall–Kier alpha value is -4.55. The number of nitrogens with one attached hydrogen (secondary N) is 2. The molecule has 0 bridgehead atoms. The highest BCUT2D eigenvalue weighted by Gasteiger charge is 2.43. The lowest BCUT2D eigenvalue weighted by molar-refractivity contribution is -0.141. The van der Waals surface area contributed by atoms with Crippen LogP contribution in [0.4, 0.5) is 11.4 Å². The van der Waals surface area contributed by atoms with Crippen molar-refractivity contribution in [1.82, 2.24) is 14.8 Å². The smallest absolute Gasteiger partial charge is 0.226 e. The zero-order chi connectivity index (χ0) is 40.5. The molecule has 4 atom stereocenters. The number of ether oxygens (including phenoxy) is 2. The third kappa shape index (κ3) is 10.3. The highest BCUT2D eigenvalue weighted by molar-refractivity contribution is 5.93. The molecule has 2 aliphatic heterocycles. The van der Waals surface area contributed by atoms with E-state index in [4.69, 9.17) is 13.9 Å². The molecule has 12 heteroatoms. The first-order chi connectivity index (χ1) is 27.1. The van der Waals surface area contributed by atoms with Crippen LogP contribution in [0.25, 0.3) is 22.8 Å². The molecule has 4 fully saturated rings. The van der Waals surface area contributed by atoms with Gasteiger partial charge in [-0.15, -0.1) is 0 Å². The fourth-order valence-electron chi connectivity index (χ4n) is 8.43. The molecule has 4 aliphatic rings. The fraction of sp³-hybridized carbons (Fsp3) is 0.578. The van der Waals surface area contributed by atoms with Gasteiger partial charge < -0.3 is 34.3 Å². The van der Waals surface area contributed by atoms with Crippen molar-refractivity contribution in [2.75, 3.05) is 23.7 Å². The van der Waals surface area contributed by atoms with Crippen LogP contribution >= 0.6 is 0 Å². The second-order valence-corrected chi connectivity index (χ2v) is 18.4. The number of anilines is 2. The zero-order valence-electron chi connectivity index (χ0n) is 34.3. The van der Waals surface area contributed by atoms with Crippen LogP contribution in [-0.4, -0.2) is 87.0 Å². The van der Waals surface area contributed by atoms with Crippen LogP contribution in [0.5, 0.6) is 0 Å². The monoisotopic (exact) mass is 781 g/mol. The second kappa shape index (κ2) is 16.7. The lowest BCUT2D eigenvalue weighted by atomic mass is 9.84. The minimum absolute atomic E-state index is 0.0664. The van der Waals surface area contributed by atoms with Gasteiger partial charge in [0, 0.05) is 72.4 Å². The Balaban J connectivity index is 0.915. The highest BCUT2D eigenvalue weighted by atomic mass is 16.5. The van der Waals surface area contributed by atoms with Crippen molar-refractivity contribution in [3.8, 4) is 22.8 Å². The molecule has 0 spiro atoms. The predicted molar refractivity (Wildman–Crippen MR) is 218 cm³/mol. The van der Waals surface area contributed by atoms with Gasteiger partial charge in [0.2, 0.25) is 29.5 Å². The molecule has 1 aromatic heterocycles. The largest absolute Gasteiger partial charge is 0.436 e. The van der Waals surface area contributed by atoms with Crippen molar-refractivity contribution in [3.05, 3.63) is 54.7 Å². The Morgan fingerprint density at radius 3 is 1.47 bits per heavy atom. The average molecular weight is 782 g/mol. The molecular formula is C45H59N5O7. The number of nitrogens with zero attached hydrogens (tertiary/aromatic N) is 3. The number of rotatable bonds is 12. The lowest BCUT2D eigenvalue weighted by Crippen LogP contribution is -2.43. The zero-order valence-corrected chi connectivity index (χ0v) is 34.3. The quantitative estimate of drug-likeness (QED) is 0.189. The van der Waals surface area contributed by atoms with Crippen LogP contribution in [0.1, 0.15) is 106 Å². The van der Waals surface area contributed by atoms with E-state index in [0.717, 1.165) is 49.7 Å². The molecule has 0 unspecified atom stereocenters. The average Bonchev–Trinajstić information content (AvgIpc) is 3.81. The van der Waals surface area contributed by atoms with E-state index in [1.807, 2.05) is 99.9 Å². The van der Waals surface area contributed by atoms with Crippen molar-refractivity contribution in [1.29, 1.82) is 0 Å². The third-order valence-corrected chi connectivity index (χ3v) is 11.5. The van der Waals surface area contributed by atoms with E-state index in [-0.39, 0.29) is 83.8 Å². The molecule has 2 saturated carbocycles. The van der Waals surface area contributed by atoms with Gasteiger partial charge in [0.25, 0.3) is 0 Å². The highest BCUT2D eigenvalue weighted by Crippen LogP contribution is 2.36. The van der Waals surface area contributed by atoms with Gasteiger partial charge in [0.15, 0.2) is 5.76 Å². The molecule has 2 N–H and O–H groups in total. The number of hydrogen-bond donors (Lipinski definition) is 2. The Morgan fingerprint density at radius 1 is 0.667 bits per heavy atom. The summed E-state index contributed by atoms with van der Waals surface area (Å²) in [5.74, 6) is 1.16. The van der Waals surface area contributed by atoms with Crippen molar-refractivity contribution < 1.29 is 33.1 Å². The molecule has 57 heavy (non-hydrogen) atoms. The summed E-state index contributed by atoms with van der Waals surface area (Å²) in [4.78, 5) is 61.2. The Kier molecular flexibility index (Phi) is 11.9. The molecule has 7 rings (SSSR count). The van der Waals surface area contributed by atoms with Crippen LogP contribution in [-0.2, 0) is 28.7 Å². The lowest BCUT2D eigenvalue weighted by Gasteiger charge is -2.32. The molecular weight excluding hydrogens is 723 g/mol. The molecule has 3 aromatic rings. The second-order valence-electron chi connectivity index (χ2n) is 18.4. The maximum atomic E-state index is 13.2. The van der Waals surface area contributed by atoms with Gasteiger partial charge in [-0.1, -0.05) is 12.8 Å². The fourth-order valence-corrected chi connectivity index (χ4v) is 8.43. The summed E-state index contributed by atoms with van der Waals surface area (Å²) in [6.45, 7) is 13.1. The molecule has 0 radical (unpaired) electrons. The number of carbonyl (C=O) groups is 4. The maximum Gasteiger partial charge on any atom is 0.226 e.